The number of aryl methyl sites for hydroxylation is 1. The van der Waals surface area contributed by atoms with E-state index in [1.165, 1.54) is 0 Å². The zero-order valence-corrected chi connectivity index (χ0v) is 12.5. The fourth-order valence-electron chi connectivity index (χ4n) is 2.62. The van der Waals surface area contributed by atoms with Crippen molar-refractivity contribution in [1.29, 1.82) is 0 Å². The van der Waals surface area contributed by atoms with Gasteiger partial charge >= 0.3 is 0 Å². The molecule has 0 atom stereocenters. The molecule has 0 unspecified atom stereocenters. The summed E-state index contributed by atoms with van der Waals surface area (Å²) in [6.45, 7) is 4.28. The number of ketones is 1. The number of benzene rings is 1. The fraction of sp³-hybridized carbons (Fsp3) is 0.562. The summed E-state index contributed by atoms with van der Waals surface area (Å²) >= 11 is 0. The molecule has 4 heteroatoms. The van der Waals surface area contributed by atoms with Gasteiger partial charge in [0.05, 0.1) is 25.3 Å². The standard InChI is InChI=1S/C16H23NO3/c1-12-4-5-14(16(10-12)20-3)15(18)11-17-8-6-13(19-2)7-9-17/h4-5,10,13H,6-9,11H2,1-3H3. The molecule has 1 saturated heterocycles. The number of Topliss-reactive ketones (excluding diaryl/α,β-unsaturated/α-hetero) is 1. The molecule has 110 valence electrons. The number of hydrogen-bond donors (Lipinski definition) is 0. The van der Waals surface area contributed by atoms with Crippen LogP contribution in [-0.4, -0.2) is 50.6 Å². The topological polar surface area (TPSA) is 38.8 Å². The molecule has 4 nitrogen and oxygen atoms in total. The van der Waals surface area contributed by atoms with Crippen molar-refractivity contribution in [3.8, 4) is 5.75 Å². The molecule has 1 aromatic carbocycles. The Morgan fingerprint density at radius 3 is 2.60 bits per heavy atom. The van der Waals surface area contributed by atoms with E-state index >= 15 is 0 Å². The number of likely N-dealkylation sites (tertiary alicyclic amines) is 1. The molecule has 1 aliphatic rings. The zero-order valence-electron chi connectivity index (χ0n) is 12.5. The van der Waals surface area contributed by atoms with Crippen LogP contribution < -0.4 is 4.74 Å². The van der Waals surface area contributed by atoms with E-state index in [0.717, 1.165) is 31.5 Å². The number of ether oxygens (including phenoxy) is 2. The Kier molecular flexibility index (Phi) is 5.15. The van der Waals surface area contributed by atoms with Crippen LogP contribution in [0.5, 0.6) is 5.75 Å². The quantitative estimate of drug-likeness (QED) is 0.774. The number of carbonyl (C=O) groups is 1. The summed E-state index contributed by atoms with van der Waals surface area (Å²) in [6, 6.07) is 5.72. The first-order valence-corrected chi connectivity index (χ1v) is 7.07. The molecule has 0 aromatic heterocycles. The normalized spacial score (nSPS) is 17.1. The molecule has 20 heavy (non-hydrogen) atoms. The number of rotatable bonds is 5. The van der Waals surface area contributed by atoms with Gasteiger partial charge in [-0.15, -0.1) is 0 Å². The molecule has 0 N–H and O–H groups in total. The Labute approximate surface area is 120 Å². The Bertz CT molecular complexity index is 465. The van der Waals surface area contributed by atoms with Crippen LogP contribution in [-0.2, 0) is 4.74 Å². The third-order valence-corrected chi connectivity index (χ3v) is 3.89. The number of methoxy groups -OCH3 is 2. The average Bonchev–Trinajstić information content (AvgIpc) is 2.47. The van der Waals surface area contributed by atoms with Crippen molar-refractivity contribution in [3.05, 3.63) is 29.3 Å². The number of nitrogens with zero attached hydrogens (tertiary/aromatic N) is 1. The summed E-state index contributed by atoms with van der Waals surface area (Å²) < 4.78 is 10.7. The first-order chi connectivity index (χ1) is 9.63. The van der Waals surface area contributed by atoms with E-state index in [1.807, 2.05) is 25.1 Å². The highest BCUT2D eigenvalue weighted by Crippen LogP contribution is 2.21. The van der Waals surface area contributed by atoms with E-state index in [4.69, 9.17) is 9.47 Å². The number of piperidine rings is 1. The molecular formula is C16H23NO3. The molecule has 0 amide bonds. The van der Waals surface area contributed by atoms with Crippen LogP contribution in [0.4, 0.5) is 0 Å². The maximum atomic E-state index is 12.4. The van der Waals surface area contributed by atoms with Crippen molar-refractivity contribution < 1.29 is 14.3 Å². The van der Waals surface area contributed by atoms with Crippen molar-refractivity contribution in [2.24, 2.45) is 0 Å². The summed E-state index contributed by atoms with van der Waals surface area (Å²) in [6.07, 6.45) is 2.33. The summed E-state index contributed by atoms with van der Waals surface area (Å²) in [5.74, 6) is 0.791. The summed E-state index contributed by atoms with van der Waals surface area (Å²) in [4.78, 5) is 14.6. The monoisotopic (exact) mass is 277 g/mol. The molecule has 0 aliphatic carbocycles. The van der Waals surface area contributed by atoms with Gasteiger partial charge in [0.2, 0.25) is 0 Å². The van der Waals surface area contributed by atoms with Crippen LogP contribution in [0.1, 0.15) is 28.8 Å². The Morgan fingerprint density at radius 2 is 2.00 bits per heavy atom. The van der Waals surface area contributed by atoms with Gasteiger partial charge in [-0.2, -0.15) is 0 Å². The van der Waals surface area contributed by atoms with Crippen molar-refractivity contribution in [1.82, 2.24) is 4.90 Å². The second-order valence-corrected chi connectivity index (χ2v) is 5.34. The molecule has 1 heterocycles. The average molecular weight is 277 g/mol. The zero-order chi connectivity index (χ0) is 14.5. The van der Waals surface area contributed by atoms with E-state index in [-0.39, 0.29) is 5.78 Å². The summed E-state index contributed by atoms with van der Waals surface area (Å²) in [7, 11) is 3.36. The van der Waals surface area contributed by atoms with Crippen LogP contribution in [0.25, 0.3) is 0 Å². The molecule has 2 rings (SSSR count). The summed E-state index contributed by atoms with van der Waals surface area (Å²) in [5.41, 5.74) is 1.77. The number of hydrogen-bond acceptors (Lipinski definition) is 4. The molecule has 0 saturated carbocycles. The SMILES string of the molecule is COc1cc(C)ccc1C(=O)CN1CCC(OC)CC1. The van der Waals surface area contributed by atoms with Crippen LogP contribution in [0.3, 0.4) is 0 Å². The lowest BCUT2D eigenvalue weighted by Gasteiger charge is -2.30. The molecule has 1 fully saturated rings. The fourth-order valence-corrected chi connectivity index (χ4v) is 2.62. The van der Waals surface area contributed by atoms with Crippen LogP contribution in [0.15, 0.2) is 18.2 Å². The van der Waals surface area contributed by atoms with Gasteiger partial charge < -0.3 is 9.47 Å². The van der Waals surface area contributed by atoms with E-state index in [0.29, 0.717) is 24.0 Å². The minimum Gasteiger partial charge on any atom is -0.496 e. The highest BCUT2D eigenvalue weighted by Gasteiger charge is 2.22. The van der Waals surface area contributed by atoms with Gasteiger partial charge in [-0.25, -0.2) is 0 Å². The smallest absolute Gasteiger partial charge is 0.180 e. The highest BCUT2D eigenvalue weighted by atomic mass is 16.5. The molecule has 0 bridgehead atoms. The molecule has 0 radical (unpaired) electrons. The lowest BCUT2D eigenvalue weighted by atomic mass is 10.0. The van der Waals surface area contributed by atoms with Gasteiger partial charge in [0, 0.05) is 20.2 Å². The van der Waals surface area contributed by atoms with Gasteiger partial charge in [0.25, 0.3) is 0 Å². The predicted octanol–water partition coefficient (Wildman–Crippen LogP) is 2.30. The van der Waals surface area contributed by atoms with Gasteiger partial charge in [0.15, 0.2) is 5.78 Å². The van der Waals surface area contributed by atoms with Crippen molar-refractivity contribution in [2.45, 2.75) is 25.9 Å². The number of carbonyl (C=O) groups excluding carboxylic acids is 1. The maximum Gasteiger partial charge on any atom is 0.180 e. The van der Waals surface area contributed by atoms with Gasteiger partial charge in [-0.05, 0) is 37.5 Å². The molecule has 1 aliphatic heterocycles. The maximum absolute atomic E-state index is 12.4. The lowest BCUT2D eigenvalue weighted by molar-refractivity contribution is 0.0401. The second-order valence-electron chi connectivity index (χ2n) is 5.34. The summed E-state index contributed by atoms with van der Waals surface area (Å²) in [5, 5.41) is 0. The van der Waals surface area contributed by atoms with E-state index in [9.17, 15) is 4.79 Å². The Morgan fingerprint density at radius 1 is 1.30 bits per heavy atom. The van der Waals surface area contributed by atoms with Crippen LogP contribution in [0, 0.1) is 6.92 Å². The lowest BCUT2D eigenvalue weighted by Crippen LogP contribution is -2.39. The van der Waals surface area contributed by atoms with E-state index in [1.54, 1.807) is 14.2 Å². The minimum atomic E-state index is 0.123. The van der Waals surface area contributed by atoms with Crippen molar-refractivity contribution in [2.75, 3.05) is 33.9 Å². The predicted molar refractivity (Wildman–Crippen MR) is 78.5 cm³/mol. The Hall–Kier alpha value is -1.39. The van der Waals surface area contributed by atoms with E-state index < -0.39 is 0 Å². The van der Waals surface area contributed by atoms with Gasteiger partial charge in [-0.3, -0.25) is 9.69 Å². The van der Waals surface area contributed by atoms with Crippen LogP contribution in [0.2, 0.25) is 0 Å². The minimum absolute atomic E-state index is 0.123. The first-order valence-electron chi connectivity index (χ1n) is 7.07. The van der Waals surface area contributed by atoms with Crippen molar-refractivity contribution >= 4 is 5.78 Å². The van der Waals surface area contributed by atoms with Gasteiger partial charge in [-0.1, -0.05) is 6.07 Å². The van der Waals surface area contributed by atoms with E-state index in [2.05, 4.69) is 4.90 Å². The largest absolute Gasteiger partial charge is 0.496 e. The second kappa shape index (κ2) is 6.86. The third-order valence-electron chi connectivity index (χ3n) is 3.89. The molecule has 0 spiro atoms. The van der Waals surface area contributed by atoms with Crippen molar-refractivity contribution in [3.63, 3.8) is 0 Å². The molecule has 1 aromatic rings. The third kappa shape index (κ3) is 3.58. The van der Waals surface area contributed by atoms with Crippen LogP contribution >= 0.6 is 0 Å². The highest BCUT2D eigenvalue weighted by molar-refractivity contribution is 6.00. The molecular weight excluding hydrogens is 254 g/mol. The Balaban J connectivity index is 1.98. The van der Waals surface area contributed by atoms with Gasteiger partial charge in [0.1, 0.15) is 5.75 Å². The first kappa shape index (κ1) is 15.0.